The van der Waals surface area contributed by atoms with E-state index in [9.17, 15) is 4.79 Å². The number of anilines is 2. The second kappa shape index (κ2) is 6.62. The lowest BCUT2D eigenvalue weighted by Gasteiger charge is -2.26. The van der Waals surface area contributed by atoms with Crippen molar-refractivity contribution in [1.82, 2.24) is 9.88 Å². The second-order valence-corrected chi connectivity index (χ2v) is 6.21. The summed E-state index contributed by atoms with van der Waals surface area (Å²) < 4.78 is 5.54. The number of carbonyl (C=O) groups is 1. The molecule has 1 aliphatic rings. The first kappa shape index (κ1) is 16.0. The van der Waals surface area contributed by atoms with Crippen molar-refractivity contribution in [3.05, 3.63) is 4.88 Å². The molecule has 0 aromatic carbocycles. The molecule has 1 saturated heterocycles. The van der Waals surface area contributed by atoms with Crippen molar-refractivity contribution in [3.63, 3.8) is 0 Å². The normalized spacial score (nSPS) is 21.5. The summed E-state index contributed by atoms with van der Waals surface area (Å²) in [6.45, 7) is 8.52. The lowest BCUT2D eigenvalue weighted by Crippen LogP contribution is -2.40. The van der Waals surface area contributed by atoms with Crippen LogP contribution in [0.3, 0.4) is 0 Å². The number of hydrogen-bond acceptors (Lipinski definition) is 6. The largest absolute Gasteiger partial charge is 0.382 e. The highest BCUT2D eigenvalue weighted by Gasteiger charge is 2.32. The summed E-state index contributed by atoms with van der Waals surface area (Å²) in [5.74, 6) is 0.260. The third kappa shape index (κ3) is 3.13. The van der Waals surface area contributed by atoms with Crippen molar-refractivity contribution in [2.24, 2.45) is 0 Å². The molecule has 6 nitrogen and oxygen atoms in total. The Bertz CT molecular complexity index is 501. The van der Waals surface area contributed by atoms with Crippen LogP contribution in [0.1, 0.15) is 36.9 Å². The molecule has 1 fully saturated rings. The Hall–Kier alpha value is -1.34. The number of ether oxygens (including phenoxy) is 1. The van der Waals surface area contributed by atoms with Crippen molar-refractivity contribution in [1.29, 1.82) is 0 Å². The van der Waals surface area contributed by atoms with E-state index < -0.39 is 0 Å². The van der Waals surface area contributed by atoms with E-state index in [1.807, 2.05) is 14.0 Å². The molecule has 2 unspecified atom stereocenters. The molecule has 0 radical (unpaired) electrons. The highest BCUT2D eigenvalue weighted by molar-refractivity contribution is 7.18. The molecule has 0 spiro atoms. The summed E-state index contributed by atoms with van der Waals surface area (Å²) in [5, 5.41) is 0.810. The fraction of sp³-hybridized carbons (Fsp3) is 0.714. The molecule has 1 aromatic rings. The Morgan fingerprint density at radius 2 is 2.14 bits per heavy atom. The number of carbonyl (C=O) groups excluding carboxylic acids is 1. The van der Waals surface area contributed by atoms with Gasteiger partial charge in [0.25, 0.3) is 5.91 Å². The minimum absolute atomic E-state index is 0.0641. The Labute approximate surface area is 129 Å². The Kier molecular flexibility index (Phi) is 5.05. The van der Waals surface area contributed by atoms with E-state index in [0.29, 0.717) is 17.3 Å². The van der Waals surface area contributed by atoms with E-state index in [1.54, 1.807) is 4.90 Å². The van der Waals surface area contributed by atoms with Crippen LogP contribution in [0.25, 0.3) is 0 Å². The van der Waals surface area contributed by atoms with Crippen molar-refractivity contribution >= 4 is 28.2 Å². The van der Waals surface area contributed by atoms with Crippen LogP contribution >= 0.6 is 11.3 Å². The van der Waals surface area contributed by atoms with Crippen molar-refractivity contribution in [2.75, 3.05) is 37.4 Å². The lowest BCUT2D eigenvalue weighted by molar-refractivity contribution is 0.0579. The van der Waals surface area contributed by atoms with Crippen LogP contribution in [0.4, 0.5) is 10.9 Å². The summed E-state index contributed by atoms with van der Waals surface area (Å²) in [4.78, 5) is 21.4. The monoisotopic (exact) mass is 312 g/mol. The summed E-state index contributed by atoms with van der Waals surface area (Å²) >= 11 is 1.37. The van der Waals surface area contributed by atoms with E-state index in [2.05, 4.69) is 23.7 Å². The van der Waals surface area contributed by atoms with Crippen molar-refractivity contribution in [2.45, 2.75) is 39.3 Å². The molecule has 1 aromatic heterocycles. The van der Waals surface area contributed by atoms with Gasteiger partial charge in [0, 0.05) is 26.7 Å². The van der Waals surface area contributed by atoms with Crippen LogP contribution in [-0.4, -0.2) is 54.7 Å². The van der Waals surface area contributed by atoms with Gasteiger partial charge in [-0.05, 0) is 27.2 Å². The van der Waals surface area contributed by atoms with Crippen LogP contribution < -0.4 is 10.6 Å². The Morgan fingerprint density at radius 3 is 2.67 bits per heavy atom. The maximum Gasteiger partial charge on any atom is 0.267 e. The van der Waals surface area contributed by atoms with Crippen molar-refractivity contribution in [3.8, 4) is 0 Å². The number of aromatic nitrogens is 1. The molecule has 7 heteroatoms. The quantitative estimate of drug-likeness (QED) is 0.898. The fourth-order valence-corrected chi connectivity index (χ4v) is 3.74. The van der Waals surface area contributed by atoms with Gasteiger partial charge in [-0.1, -0.05) is 11.3 Å². The third-order valence-electron chi connectivity index (χ3n) is 4.02. The van der Waals surface area contributed by atoms with Crippen LogP contribution in [0.2, 0.25) is 0 Å². The minimum atomic E-state index is -0.0641. The van der Waals surface area contributed by atoms with Gasteiger partial charge < -0.3 is 20.3 Å². The van der Waals surface area contributed by atoms with Gasteiger partial charge in [-0.2, -0.15) is 0 Å². The molecule has 0 aliphatic carbocycles. The highest BCUT2D eigenvalue weighted by atomic mass is 32.1. The molecule has 2 atom stereocenters. The molecule has 1 amide bonds. The van der Waals surface area contributed by atoms with Gasteiger partial charge in [0.15, 0.2) is 5.13 Å². The number of amides is 1. The molecule has 0 saturated carbocycles. The average Bonchev–Trinajstić information content (AvgIpc) is 3.05. The predicted molar refractivity (Wildman–Crippen MR) is 86.0 cm³/mol. The average molecular weight is 312 g/mol. The zero-order valence-corrected chi connectivity index (χ0v) is 13.9. The number of rotatable bonds is 5. The van der Waals surface area contributed by atoms with Gasteiger partial charge in [-0.3, -0.25) is 4.79 Å². The van der Waals surface area contributed by atoms with E-state index in [1.165, 1.54) is 11.3 Å². The molecule has 21 heavy (non-hydrogen) atoms. The number of nitrogens with zero attached hydrogens (tertiary/aromatic N) is 3. The van der Waals surface area contributed by atoms with Crippen LogP contribution in [0.5, 0.6) is 0 Å². The standard InChI is InChI=1S/C14H24N4O2S/c1-5-18(6-2)14-16-12(15)11(21-14)13(19)17(4)10-7-8-20-9(10)3/h9-10H,5-8,15H2,1-4H3. The first-order valence-electron chi connectivity index (χ1n) is 7.39. The third-order valence-corrected chi connectivity index (χ3v) is 5.14. The summed E-state index contributed by atoms with van der Waals surface area (Å²) in [5.41, 5.74) is 5.95. The number of likely N-dealkylation sites (N-methyl/N-ethyl adjacent to an activating group) is 1. The first-order valence-corrected chi connectivity index (χ1v) is 8.21. The summed E-state index contributed by atoms with van der Waals surface area (Å²) in [6.07, 6.45) is 0.931. The molecule has 2 rings (SSSR count). The van der Waals surface area contributed by atoms with Crippen LogP contribution in [0, 0.1) is 0 Å². The SMILES string of the molecule is CCN(CC)c1nc(N)c(C(=O)N(C)C2CCOC2C)s1. The van der Waals surface area contributed by atoms with Crippen LogP contribution in [-0.2, 0) is 4.74 Å². The van der Waals surface area contributed by atoms with E-state index in [0.717, 1.165) is 24.6 Å². The molecular formula is C14H24N4O2S. The fourth-order valence-electron chi connectivity index (χ4n) is 2.64. The smallest absolute Gasteiger partial charge is 0.267 e. The minimum Gasteiger partial charge on any atom is -0.382 e. The number of thiazole rings is 1. The molecular weight excluding hydrogens is 288 g/mol. The number of nitrogen functional groups attached to an aromatic ring is 1. The Balaban J connectivity index is 2.19. The molecule has 0 bridgehead atoms. The molecule has 2 N–H and O–H groups in total. The molecule has 118 valence electrons. The van der Waals surface area contributed by atoms with Gasteiger partial charge in [0.05, 0.1) is 12.1 Å². The lowest BCUT2D eigenvalue weighted by atomic mass is 10.1. The van der Waals surface area contributed by atoms with E-state index in [4.69, 9.17) is 10.5 Å². The van der Waals surface area contributed by atoms with Gasteiger partial charge in [0.1, 0.15) is 10.7 Å². The summed E-state index contributed by atoms with van der Waals surface area (Å²) in [6, 6.07) is 0.107. The maximum atomic E-state index is 12.7. The van der Waals surface area contributed by atoms with Gasteiger partial charge in [-0.15, -0.1) is 0 Å². The zero-order chi connectivity index (χ0) is 15.6. The highest BCUT2D eigenvalue weighted by Crippen LogP contribution is 2.30. The maximum absolute atomic E-state index is 12.7. The number of hydrogen-bond donors (Lipinski definition) is 1. The van der Waals surface area contributed by atoms with E-state index in [-0.39, 0.29) is 18.1 Å². The predicted octanol–water partition coefficient (Wildman–Crippen LogP) is 1.82. The first-order chi connectivity index (χ1) is 9.99. The van der Waals surface area contributed by atoms with Gasteiger partial charge in [-0.25, -0.2) is 4.98 Å². The summed E-state index contributed by atoms with van der Waals surface area (Å²) in [7, 11) is 1.81. The second-order valence-electron chi connectivity index (χ2n) is 5.23. The molecule has 2 heterocycles. The zero-order valence-electron chi connectivity index (χ0n) is 13.1. The number of nitrogens with two attached hydrogens (primary N) is 1. The van der Waals surface area contributed by atoms with Crippen molar-refractivity contribution < 1.29 is 9.53 Å². The Morgan fingerprint density at radius 1 is 1.48 bits per heavy atom. The van der Waals surface area contributed by atoms with E-state index >= 15 is 0 Å². The topological polar surface area (TPSA) is 71.7 Å². The van der Waals surface area contributed by atoms with Gasteiger partial charge >= 0.3 is 0 Å². The van der Waals surface area contributed by atoms with Crippen LogP contribution in [0.15, 0.2) is 0 Å². The van der Waals surface area contributed by atoms with Gasteiger partial charge in [0.2, 0.25) is 0 Å². The molecule has 1 aliphatic heterocycles.